The van der Waals surface area contributed by atoms with Crippen molar-refractivity contribution in [2.24, 2.45) is 0 Å². The molecule has 0 aromatic rings. The van der Waals surface area contributed by atoms with Crippen molar-refractivity contribution in [3.05, 3.63) is 85.1 Å². The molecule has 0 aliphatic heterocycles. The molecule has 0 heterocycles. The molecule has 0 bridgehead atoms. The number of rotatable bonds is 41. The van der Waals surface area contributed by atoms with Crippen LogP contribution in [-0.4, -0.2) is 37.2 Å². The smallest absolute Gasteiger partial charge is 0.306 e. The Bertz CT molecular complexity index is 1160. The number of hydrogen-bond acceptors (Lipinski definition) is 6. The third kappa shape index (κ3) is 43.7. The first-order valence-electron chi connectivity index (χ1n) is 23.7. The summed E-state index contributed by atoms with van der Waals surface area (Å²) in [6, 6.07) is 0. The van der Waals surface area contributed by atoms with Crippen LogP contribution < -0.4 is 0 Å². The van der Waals surface area contributed by atoms with E-state index in [0.717, 1.165) is 77.0 Å². The molecule has 0 aromatic carbocycles. The van der Waals surface area contributed by atoms with E-state index in [4.69, 9.17) is 14.2 Å². The predicted octanol–water partition coefficient (Wildman–Crippen LogP) is 15.3. The average Bonchev–Trinajstić information content (AvgIpc) is 3.22. The summed E-state index contributed by atoms with van der Waals surface area (Å²) in [5.41, 5.74) is 0. The molecule has 6 heteroatoms. The van der Waals surface area contributed by atoms with Crippen LogP contribution in [0.25, 0.3) is 0 Å². The van der Waals surface area contributed by atoms with Gasteiger partial charge in [-0.2, -0.15) is 0 Å². The van der Waals surface area contributed by atoms with Crippen LogP contribution in [0.2, 0.25) is 0 Å². The van der Waals surface area contributed by atoms with E-state index in [1.165, 1.54) is 83.5 Å². The lowest BCUT2D eigenvalue weighted by Gasteiger charge is -2.18. The molecule has 0 spiro atoms. The Labute approximate surface area is 356 Å². The second-order valence-electron chi connectivity index (χ2n) is 15.4. The molecule has 0 aliphatic rings. The Balaban J connectivity index is 4.54. The number of ether oxygens (including phenoxy) is 3. The molecule has 0 radical (unpaired) electrons. The Hall–Kier alpha value is -3.41. The van der Waals surface area contributed by atoms with Gasteiger partial charge in [0.2, 0.25) is 0 Å². The van der Waals surface area contributed by atoms with Crippen LogP contribution in [0, 0.1) is 0 Å². The summed E-state index contributed by atoms with van der Waals surface area (Å²) in [5.74, 6) is -1.03. The minimum absolute atomic E-state index is 0.118. The minimum Gasteiger partial charge on any atom is -0.462 e. The van der Waals surface area contributed by atoms with Gasteiger partial charge in [0.25, 0.3) is 0 Å². The molecule has 0 N–H and O–H groups in total. The first kappa shape index (κ1) is 54.6. The van der Waals surface area contributed by atoms with Gasteiger partial charge in [0, 0.05) is 19.3 Å². The van der Waals surface area contributed by atoms with Crippen LogP contribution in [0.4, 0.5) is 0 Å². The largest absolute Gasteiger partial charge is 0.462 e. The van der Waals surface area contributed by atoms with Gasteiger partial charge in [-0.25, -0.2) is 0 Å². The maximum Gasteiger partial charge on any atom is 0.306 e. The highest BCUT2D eigenvalue weighted by Crippen LogP contribution is 2.12. The molecule has 0 aromatic heterocycles. The van der Waals surface area contributed by atoms with Gasteiger partial charge in [0.05, 0.1) is 0 Å². The molecular weight excluding hydrogens is 721 g/mol. The first-order chi connectivity index (χ1) is 28.5. The highest BCUT2D eigenvalue weighted by molar-refractivity contribution is 5.71. The van der Waals surface area contributed by atoms with Crippen LogP contribution in [0.3, 0.4) is 0 Å². The zero-order chi connectivity index (χ0) is 42.3. The van der Waals surface area contributed by atoms with E-state index in [-0.39, 0.29) is 31.6 Å². The standard InChI is InChI=1S/C52H86O6/c1-4-7-10-13-16-19-22-25-28-30-33-36-39-42-45-51(54)57-48-49(58-52(55)46-43-40-37-34-31-27-24-21-18-15-12-9-6-3)47-56-50(53)44-41-38-35-32-29-26-23-20-17-14-11-8-5-2/h9,12,15,18,21,24,26-31,34,37,49H,4-8,10-11,13-14,16-17,19-20,22-23,25,32-33,35-36,38-48H2,1-3H3/b12-9-,18-15-,24-21-,29-26-,30-28-,31-27-,37-34-. The van der Waals surface area contributed by atoms with Gasteiger partial charge >= 0.3 is 17.9 Å². The van der Waals surface area contributed by atoms with E-state index in [2.05, 4.69) is 51.2 Å². The molecule has 0 amide bonds. The third-order valence-electron chi connectivity index (χ3n) is 9.73. The molecule has 0 rings (SSSR count). The summed E-state index contributed by atoms with van der Waals surface area (Å²) < 4.78 is 16.6. The number of unbranched alkanes of at least 4 members (excludes halogenated alkanes) is 20. The fraction of sp³-hybridized carbons (Fsp3) is 0.673. The molecule has 0 saturated carbocycles. The molecule has 330 valence electrons. The van der Waals surface area contributed by atoms with E-state index in [1.54, 1.807) is 0 Å². The number of carbonyl (C=O) groups is 3. The van der Waals surface area contributed by atoms with Crippen LogP contribution in [0.5, 0.6) is 0 Å². The van der Waals surface area contributed by atoms with Gasteiger partial charge in [0.15, 0.2) is 6.10 Å². The van der Waals surface area contributed by atoms with Crippen molar-refractivity contribution in [3.63, 3.8) is 0 Å². The number of esters is 3. The lowest BCUT2D eigenvalue weighted by atomic mass is 10.1. The number of carbonyl (C=O) groups excluding carboxylic acids is 3. The van der Waals surface area contributed by atoms with Gasteiger partial charge in [0.1, 0.15) is 13.2 Å². The maximum atomic E-state index is 12.7. The highest BCUT2D eigenvalue weighted by atomic mass is 16.6. The topological polar surface area (TPSA) is 78.9 Å². The molecular formula is C52H86O6. The first-order valence-corrected chi connectivity index (χ1v) is 23.7. The second-order valence-corrected chi connectivity index (χ2v) is 15.4. The maximum absolute atomic E-state index is 12.7. The molecule has 6 nitrogen and oxygen atoms in total. The zero-order valence-corrected chi connectivity index (χ0v) is 37.5. The molecule has 1 atom stereocenters. The van der Waals surface area contributed by atoms with E-state index >= 15 is 0 Å². The molecule has 58 heavy (non-hydrogen) atoms. The van der Waals surface area contributed by atoms with Crippen molar-refractivity contribution in [1.82, 2.24) is 0 Å². The van der Waals surface area contributed by atoms with Crippen molar-refractivity contribution in [2.45, 2.75) is 213 Å². The second kappa shape index (κ2) is 46.3. The SMILES string of the molecule is CC\C=C/C=C\C=C/C=C\C=C/CCCC(=O)OC(COC(=O)CCCCC/C=C\CCCCCCCC)COC(=O)CCCCC/C=C\CCCCCCCCC. The van der Waals surface area contributed by atoms with E-state index in [1.807, 2.05) is 54.7 Å². The van der Waals surface area contributed by atoms with E-state index in [0.29, 0.717) is 19.3 Å². The average molecular weight is 807 g/mol. The van der Waals surface area contributed by atoms with Crippen LogP contribution in [-0.2, 0) is 28.6 Å². The summed E-state index contributed by atoms with van der Waals surface area (Å²) in [4.78, 5) is 37.8. The summed E-state index contributed by atoms with van der Waals surface area (Å²) >= 11 is 0. The van der Waals surface area contributed by atoms with Gasteiger partial charge in [-0.1, -0.05) is 189 Å². The molecule has 1 unspecified atom stereocenters. The minimum atomic E-state index is -0.824. The quantitative estimate of drug-likeness (QED) is 0.0201. The monoisotopic (exact) mass is 807 g/mol. The summed E-state index contributed by atoms with van der Waals surface area (Å²) in [6.07, 6.45) is 58.6. The van der Waals surface area contributed by atoms with Gasteiger partial charge in [-0.3, -0.25) is 14.4 Å². The van der Waals surface area contributed by atoms with Gasteiger partial charge in [-0.15, -0.1) is 0 Å². The van der Waals surface area contributed by atoms with E-state index < -0.39 is 12.1 Å². The van der Waals surface area contributed by atoms with Crippen molar-refractivity contribution in [2.75, 3.05) is 13.2 Å². The molecule has 0 saturated heterocycles. The Morgan fingerprint density at radius 3 is 1.14 bits per heavy atom. The molecule has 0 aliphatic carbocycles. The zero-order valence-electron chi connectivity index (χ0n) is 37.5. The van der Waals surface area contributed by atoms with Crippen molar-refractivity contribution in [1.29, 1.82) is 0 Å². The van der Waals surface area contributed by atoms with Crippen LogP contribution >= 0.6 is 0 Å². The summed E-state index contributed by atoms with van der Waals surface area (Å²) in [5, 5.41) is 0. The van der Waals surface area contributed by atoms with Crippen molar-refractivity contribution >= 4 is 17.9 Å². The lowest BCUT2D eigenvalue weighted by Crippen LogP contribution is -2.30. The Kier molecular flexibility index (Phi) is 43.6. The van der Waals surface area contributed by atoms with E-state index in [9.17, 15) is 14.4 Å². The van der Waals surface area contributed by atoms with Crippen molar-refractivity contribution in [3.8, 4) is 0 Å². The predicted molar refractivity (Wildman–Crippen MR) is 247 cm³/mol. The van der Waals surface area contributed by atoms with Crippen molar-refractivity contribution < 1.29 is 28.6 Å². The fourth-order valence-corrected chi connectivity index (χ4v) is 6.17. The summed E-state index contributed by atoms with van der Waals surface area (Å²) in [6.45, 7) is 6.37. The number of hydrogen-bond donors (Lipinski definition) is 0. The molecule has 0 fully saturated rings. The number of allylic oxidation sites excluding steroid dienone is 14. The third-order valence-corrected chi connectivity index (χ3v) is 9.73. The highest BCUT2D eigenvalue weighted by Gasteiger charge is 2.19. The van der Waals surface area contributed by atoms with Gasteiger partial charge in [-0.05, 0) is 83.5 Å². The van der Waals surface area contributed by atoms with Crippen LogP contribution in [0.15, 0.2) is 85.1 Å². The Morgan fingerprint density at radius 2 is 0.707 bits per heavy atom. The lowest BCUT2D eigenvalue weighted by molar-refractivity contribution is -0.167. The fourth-order valence-electron chi connectivity index (χ4n) is 6.17. The summed E-state index contributed by atoms with van der Waals surface area (Å²) in [7, 11) is 0. The Morgan fingerprint density at radius 1 is 0.362 bits per heavy atom. The normalized spacial score (nSPS) is 12.8. The van der Waals surface area contributed by atoms with Gasteiger partial charge < -0.3 is 14.2 Å². The van der Waals surface area contributed by atoms with Crippen LogP contribution in [0.1, 0.15) is 207 Å².